The van der Waals surface area contributed by atoms with Gasteiger partial charge in [-0.3, -0.25) is 0 Å². The summed E-state index contributed by atoms with van der Waals surface area (Å²) in [5.74, 6) is 0. The van der Waals surface area contributed by atoms with Crippen LogP contribution in [0.4, 0.5) is 0 Å². The molecule has 0 radical (unpaired) electrons. The molecular formula is C8H6BrNO2S. The van der Waals surface area contributed by atoms with Crippen molar-refractivity contribution in [3.8, 4) is 6.07 Å². The molecule has 0 bridgehead atoms. The summed E-state index contributed by atoms with van der Waals surface area (Å²) >= 11 is 3.16. The van der Waals surface area contributed by atoms with E-state index >= 15 is 0 Å². The highest BCUT2D eigenvalue weighted by Gasteiger charge is 2.12. The van der Waals surface area contributed by atoms with Gasteiger partial charge in [0, 0.05) is 10.7 Å². The molecule has 0 heterocycles. The highest BCUT2D eigenvalue weighted by molar-refractivity contribution is 9.10. The molecule has 0 N–H and O–H groups in total. The monoisotopic (exact) mass is 259 g/mol. The molecule has 13 heavy (non-hydrogen) atoms. The van der Waals surface area contributed by atoms with Gasteiger partial charge in [0.1, 0.15) is 6.07 Å². The van der Waals surface area contributed by atoms with E-state index in [-0.39, 0.29) is 10.5 Å². The highest BCUT2D eigenvalue weighted by atomic mass is 79.9. The Morgan fingerprint density at radius 1 is 1.46 bits per heavy atom. The molecule has 1 aromatic carbocycles. The van der Waals surface area contributed by atoms with Gasteiger partial charge < -0.3 is 0 Å². The van der Waals surface area contributed by atoms with Crippen molar-refractivity contribution in [2.24, 2.45) is 0 Å². The lowest BCUT2D eigenvalue weighted by atomic mass is 10.2. The van der Waals surface area contributed by atoms with Crippen LogP contribution in [0.15, 0.2) is 27.6 Å². The van der Waals surface area contributed by atoms with Crippen LogP contribution in [0, 0.1) is 11.3 Å². The van der Waals surface area contributed by atoms with E-state index in [0.717, 1.165) is 6.26 Å². The minimum atomic E-state index is -3.31. The van der Waals surface area contributed by atoms with Crippen molar-refractivity contribution in [3.05, 3.63) is 28.2 Å². The molecule has 0 spiro atoms. The van der Waals surface area contributed by atoms with Gasteiger partial charge in [-0.25, -0.2) is 8.42 Å². The lowest BCUT2D eigenvalue weighted by molar-refractivity contribution is 0.601. The van der Waals surface area contributed by atoms with Crippen molar-refractivity contribution in [1.82, 2.24) is 0 Å². The average molecular weight is 260 g/mol. The second-order valence-electron chi connectivity index (χ2n) is 2.52. The molecule has 0 saturated carbocycles. The Bertz CT molecular complexity index is 473. The summed E-state index contributed by atoms with van der Waals surface area (Å²) in [6, 6.07) is 6.33. The largest absolute Gasteiger partial charge is 0.224 e. The summed E-state index contributed by atoms with van der Waals surface area (Å²) in [5.41, 5.74) is 0.164. The van der Waals surface area contributed by atoms with Crippen LogP contribution in [0.2, 0.25) is 0 Å². The molecule has 0 aromatic heterocycles. The molecule has 0 aliphatic carbocycles. The molecule has 1 aromatic rings. The molecule has 0 aliphatic heterocycles. The molecule has 3 nitrogen and oxygen atoms in total. The zero-order valence-electron chi connectivity index (χ0n) is 6.78. The van der Waals surface area contributed by atoms with Crippen LogP contribution in [-0.2, 0) is 9.84 Å². The molecule has 0 fully saturated rings. The van der Waals surface area contributed by atoms with Crippen LogP contribution in [0.5, 0.6) is 0 Å². The van der Waals surface area contributed by atoms with Crippen molar-refractivity contribution in [3.63, 3.8) is 0 Å². The quantitative estimate of drug-likeness (QED) is 0.772. The van der Waals surface area contributed by atoms with Gasteiger partial charge in [0.05, 0.1) is 10.5 Å². The first-order valence-electron chi connectivity index (χ1n) is 3.35. The van der Waals surface area contributed by atoms with E-state index in [1.807, 2.05) is 6.07 Å². The summed E-state index contributed by atoms with van der Waals surface area (Å²) < 4.78 is 23.0. The number of benzene rings is 1. The van der Waals surface area contributed by atoms with E-state index < -0.39 is 9.84 Å². The van der Waals surface area contributed by atoms with Gasteiger partial charge in [-0.2, -0.15) is 5.26 Å². The number of hydrogen-bond acceptors (Lipinski definition) is 3. The Morgan fingerprint density at radius 3 is 2.54 bits per heavy atom. The molecule has 0 aliphatic rings. The van der Waals surface area contributed by atoms with E-state index in [2.05, 4.69) is 15.9 Å². The van der Waals surface area contributed by atoms with Gasteiger partial charge in [-0.15, -0.1) is 0 Å². The molecule has 0 amide bonds. The van der Waals surface area contributed by atoms with Crippen LogP contribution in [0.3, 0.4) is 0 Å². The normalized spacial score (nSPS) is 10.8. The Balaban J connectivity index is 3.50. The van der Waals surface area contributed by atoms with Gasteiger partial charge in [0.25, 0.3) is 0 Å². The van der Waals surface area contributed by atoms with Crippen molar-refractivity contribution < 1.29 is 8.42 Å². The van der Waals surface area contributed by atoms with Crippen molar-refractivity contribution in [2.75, 3.05) is 6.26 Å². The third-order valence-corrected chi connectivity index (χ3v) is 3.11. The Kier molecular flexibility index (Phi) is 2.74. The third kappa shape index (κ3) is 2.29. The minimum absolute atomic E-state index is 0.0678. The van der Waals surface area contributed by atoms with Crippen LogP contribution >= 0.6 is 15.9 Å². The predicted octanol–water partition coefficient (Wildman–Crippen LogP) is 1.72. The van der Waals surface area contributed by atoms with Gasteiger partial charge >= 0.3 is 0 Å². The van der Waals surface area contributed by atoms with E-state index in [0.29, 0.717) is 4.47 Å². The number of sulfone groups is 1. The Labute approximate surface area is 85.0 Å². The van der Waals surface area contributed by atoms with E-state index in [9.17, 15) is 8.42 Å². The summed E-state index contributed by atoms with van der Waals surface area (Å²) in [6.07, 6.45) is 1.08. The van der Waals surface area contributed by atoms with E-state index in [1.54, 1.807) is 6.07 Å². The van der Waals surface area contributed by atoms with Gasteiger partial charge in [-0.05, 0) is 18.2 Å². The third-order valence-electron chi connectivity index (χ3n) is 1.46. The van der Waals surface area contributed by atoms with Gasteiger partial charge in [0.2, 0.25) is 0 Å². The standard InChI is InChI=1S/C8H6BrNO2S/c1-13(11,12)8-3-2-7(9)4-6(8)5-10/h2-4H,1H3. The van der Waals surface area contributed by atoms with Crippen LogP contribution in [0.25, 0.3) is 0 Å². The van der Waals surface area contributed by atoms with Gasteiger partial charge in [0.15, 0.2) is 9.84 Å². The SMILES string of the molecule is CS(=O)(=O)c1ccc(Br)cc1C#N. The number of rotatable bonds is 1. The topological polar surface area (TPSA) is 57.9 Å². The van der Waals surface area contributed by atoms with Crippen molar-refractivity contribution in [1.29, 1.82) is 5.26 Å². The predicted molar refractivity (Wildman–Crippen MR) is 52.0 cm³/mol. The first-order chi connectivity index (χ1) is 5.95. The zero-order chi connectivity index (χ0) is 10.1. The Morgan fingerprint density at radius 2 is 2.08 bits per heavy atom. The summed E-state index contributed by atoms with van der Waals surface area (Å²) in [5, 5.41) is 8.67. The fourth-order valence-corrected chi connectivity index (χ4v) is 2.09. The number of nitrogens with zero attached hydrogens (tertiary/aromatic N) is 1. The average Bonchev–Trinajstić information content (AvgIpc) is 2.01. The maximum absolute atomic E-state index is 11.2. The summed E-state index contributed by atoms with van der Waals surface area (Å²) in [4.78, 5) is 0.0678. The fraction of sp³-hybridized carbons (Fsp3) is 0.125. The van der Waals surface area contributed by atoms with Crippen molar-refractivity contribution in [2.45, 2.75) is 4.90 Å². The first kappa shape index (κ1) is 10.2. The molecular weight excluding hydrogens is 254 g/mol. The molecule has 1 rings (SSSR count). The molecule has 0 unspecified atom stereocenters. The van der Waals surface area contributed by atoms with Crippen LogP contribution < -0.4 is 0 Å². The maximum atomic E-state index is 11.2. The van der Waals surface area contributed by atoms with E-state index in [1.165, 1.54) is 12.1 Å². The van der Waals surface area contributed by atoms with Gasteiger partial charge in [-0.1, -0.05) is 15.9 Å². The van der Waals surface area contributed by atoms with E-state index in [4.69, 9.17) is 5.26 Å². The lowest BCUT2D eigenvalue weighted by Crippen LogP contribution is -1.99. The van der Waals surface area contributed by atoms with Crippen LogP contribution in [-0.4, -0.2) is 14.7 Å². The maximum Gasteiger partial charge on any atom is 0.176 e. The molecule has 0 atom stereocenters. The number of halogens is 1. The Hall–Kier alpha value is -0.860. The number of nitriles is 1. The molecule has 5 heteroatoms. The fourth-order valence-electron chi connectivity index (χ4n) is 0.913. The van der Waals surface area contributed by atoms with Crippen LogP contribution in [0.1, 0.15) is 5.56 Å². The highest BCUT2D eigenvalue weighted by Crippen LogP contribution is 2.19. The zero-order valence-corrected chi connectivity index (χ0v) is 9.18. The minimum Gasteiger partial charge on any atom is -0.224 e. The smallest absolute Gasteiger partial charge is 0.176 e. The second kappa shape index (κ2) is 3.48. The first-order valence-corrected chi connectivity index (χ1v) is 6.03. The second-order valence-corrected chi connectivity index (χ2v) is 5.42. The number of hydrogen-bond donors (Lipinski definition) is 0. The molecule has 68 valence electrons. The van der Waals surface area contributed by atoms with Crippen molar-refractivity contribution >= 4 is 25.8 Å². The lowest BCUT2D eigenvalue weighted by Gasteiger charge is -2.00. The summed E-state index contributed by atoms with van der Waals surface area (Å²) in [7, 11) is -3.31. The summed E-state index contributed by atoms with van der Waals surface area (Å²) in [6.45, 7) is 0. The molecule has 0 saturated heterocycles.